The monoisotopic (exact) mass is 125 g/mol. The molecule has 0 aromatic carbocycles. The first-order valence-electron chi connectivity index (χ1n) is 4.08. The van der Waals surface area contributed by atoms with Crippen molar-refractivity contribution in [3.8, 4) is 0 Å². The Morgan fingerprint density at radius 3 is 2.67 bits per heavy atom. The van der Waals surface area contributed by atoms with Gasteiger partial charge in [0.15, 0.2) is 0 Å². The molecule has 0 aromatic rings. The smallest absolute Gasteiger partial charge is 0.219 e. The van der Waals surface area contributed by atoms with E-state index in [1.165, 1.54) is 32.3 Å². The van der Waals surface area contributed by atoms with Crippen LogP contribution >= 0.6 is 0 Å². The van der Waals surface area contributed by atoms with Crippen molar-refractivity contribution in [1.82, 2.24) is 4.81 Å². The zero-order chi connectivity index (χ0) is 6.69. The van der Waals surface area contributed by atoms with Crippen molar-refractivity contribution < 1.29 is 0 Å². The lowest BCUT2D eigenvalue weighted by atomic mass is 9.56. The second-order valence-corrected chi connectivity index (χ2v) is 2.97. The van der Waals surface area contributed by atoms with Gasteiger partial charge in [0, 0.05) is 0 Å². The molecule has 9 heavy (non-hydrogen) atoms. The highest BCUT2D eigenvalue weighted by molar-refractivity contribution is 6.54. The third-order valence-electron chi connectivity index (χ3n) is 2.35. The molecule has 0 bridgehead atoms. The molecule has 1 nitrogen and oxygen atoms in total. The van der Waals surface area contributed by atoms with Gasteiger partial charge >= 0.3 is 0 Å². The summed E-state index contributed by atoms with van der Waals surface area (Å²) in [7, 11) is 0. The van der Waals surface area contributed by atoms with Gasteiger partial charge in [0.05, 0.1) is 0 Å². The van der Waals surface area contributed by atoms with Crippen LogP contribution in [0.25, 0.3) is 0 Å². The molecular formula is C7H16BN. The van der Waals surface area contributed by atoms with E-state index in [2.05, 4.69) is 18.6 Å². The zero-order valence-corrected chi connectivity index (χ0v) is 6.56. The van der Waals surface area contributed by atoms with Gasteiger partial charge in [-0.05, 0) is 19.5 Å². The molecule has 1 aliphatic heterocycles. The van der Waals surface area contributed by atoms with Crippen molar-refractivity contribution in [1.29, 1.82) is 0 Å². The third kappa shape index (κ3) is 1.72. The van der Waals surface area contributed by atoms with E-state index in [1.807, 2.05) is 0 Å². The van der Waals surface area contributed by atoms with E-state index in [-0.39, 0.29) is 0 Å². The predicted octanol–water partition coefficient (Wildman–Crippen LogP) is 1.72. The van der Waals surface area contributed by atoms with Crippen LogP contribution in [0.1, 0.15) is 19.8 Å². The molecule has 0 aromatic heterocycles. The fraction of sp³-hybridized carbons (Fsp3) is 1.00. The van der Waals surface area contributed by atoms with Gasteiger partial charge in [-0.3, -0.25) is 0 Å². The van der Waals surface area contributed by atoms with Crippen molar-refractivity contribution in [2.75, 3.05) is 13.1 Å². The fourth-order valence-corrected chi connectivity index (χ4v) is 1.63. The molecule has 0 aliphatic carbocycles. The van der Waals surface area contributed by atoms with E-state index >= 15 is 0 Å². The summed E-state index contributed by atoms with van der Waals surface area (Å²) in [6.45, 7) is 8.01. The van der Waals surface area contributed by atoms with E-state index in [4.69, 9.17) is 0 Å². The first kappa shape index (κ1) is 7.14. The van der Waals surface area contributed by atoms with Gasteiger partial charge in [-0.15, -0.1) is 0 Å². The number of nitrogens with zero attached hydrogens (tertiary/aromatic N) is 1. The minimum atomic E-state index is 0.851. The Morgan fingerprint density at radius 2 is 2.22 bits per heavy atom. The summed E-state index contributed by atoms with van der Waals surface area (Å²) in [5, 5.41) is 0. The quantitative estimate of drug-likeness (QED) is 0.482. The lowest BCUT2D eigenvalue weighted by molar-refractivity contribution is 0.415. The third-order valence-corrected chi connectivity index (χ3v) is 2.35. The Hall–Kier alpha value is 0.0249. The first-order valence-corrected chi connectivity index (χ1v) is 4.08. The number of rotatable bonds is 1. The van der Waals surface area contributed by atoms with Crippen LogP contribution in [0.3, 0.4) is 0 Å². The summed E-state index contributed by atoms with van der Waals surface area (Å²) in [6.07, 6.45) is 4.27. The van der Waals surface area contributed by atoms with Crippen LogP contribution < -0.4 is 0 Å². The minimum absolute atomic E-state index is 0.851. The Labute approximate surface area is 58.5 Å². The summed E-state index contributed by atoms with van der Waals surface area (Å²) in [5.74, 6) is 0. The average Bonchev–Trinajstić information content (AvgIpc) is 1.89. The topological polar surface area (TPSA) is 3.24 Å². The van der Waals surface area contributed by atoms with Crippen molar-refractivity contribution in [2.45, 2.75) is 32.9 Å². The van der Waals surface area contributed by atoms with Gasteiger partial charge in [0.2, 0.25) is 6.85 Å². The van der Waals surface area contributed by atoms with Gasteiger partial charge in [0.1, 0.15) is 0 Å². The lowest BCUT2D eigenvalue weighted by Gasteiger charge is -2.29. The maximum absolute atomic E-state index is 2.56. The van der Waals surface area contributed by atoms with Crippen LogP contribution in [0.4, 0.5) is 0 Å². The zero-order valence-electron chi connectivity index (χ0n) is 6.56. The Morgan fingerprint density at radius 1 is 1.44 bits per heavy atom. The normalized spacial score (nSPS) is 22.7. The highest BCUT2D eigenvalue weighted by atomic mass is 15.0. The summed E-state index contributed by atoms with van der Waals surface area (Å²) >= 11 is 0. The van der Waals surface area contributed by atoms with E-state index < -0.39 is 0 Å². The molecule has 0 N–H and O–H groups in total. The van der Waals surface area contributed by atoms with Gasteiger partial charge in [-0.2, -0.15) is 0 Å². The number of hydrogen-bond donors (Lipinski definition) is 0. The molecule has 1 fully saturated rings. The van der Waals surface area contributed by atoms with Crippen molar-refractivity contribution in [3.05, 3.63) is 0 Å². The standard InChI is InChI=1S/C7H16BN/c1-3-9-7-5-4-6-8(9)2/h3-7H2,1-2H3. The van der Waals surface area contributed by atoms with E-state index in [9.17, 15) is 0 Å². The fourth-order valence-electron chi connectivity index (χ4n) is 1.63. The second-order valence-electron chi connectivity index (χ2n) is 2.97. The summed E-state index contributed by atoms with van der Waals surface area (Å²) < 4.78 is 0. The molecular weight excluding hydrogens is 109 g/mol. The Bertz CT molecular complexity index is 85.0. The van der Waals surface area contributed by atoms with Crippen LogP contribution in [0.15, 0.2) is 0 Å². The van der Waals surface area contributed by atoms with E-state index in [0.29, 0.717) is 0 Å². The molecule has 0 saturated carbocycles. The molecule has 0 atom stereocenters. The van der Waals surface area contributed by atoms with Gasteiger partial charge in [0.25, 0.3) is 0 Å². The molecule has 0 radical (unpaired) electrons. The molecule has 1 aliphatic rings. The average molecular weight is 125 g/mol. The maximum atomic E-state index is 2.56. The maximum Gasteiger partial charge on any atom is 0.219 e. The lowest BCUT2D eigenvalue weighted by Crippen LogP contribution is -2.40. The molecule has 2 heteroatoms. The molecule has 1 saturated heterocycles. The largest absolute Gasteiger partial charge is 0.342 e. The molecule has 0 spiro atoms. The summed E-state index contributed by atoms with van der Waals surface area (Å²) in [6, 6.07) is 0. The highest BCUT2D eigenvalue weighted by Gasteiger charge is 2.18. The molecule has 0 amide bonds. The SMILES string of the molecule is CCN1CCCCB1C. The van der Waals surface area contributed by atoms with Crippen molar-refractivity contribution in [3.63, 3.8) is 0 Å². The van der Waals surface area contributed by atoms with Gasteiger partial charge in [-0.25, -0.2) is 0 Å². The minimum Gasteiger partial charge on any atom is -0.342 e. The molecule has 1 rings (SSSR count). The molecule has 52 valence electrons. The van der Waals surface area contributed by atoms with Gasteiger partial charge < -0.3 is 4.81 Å². The summed E-state index contributed by atoms with van der Waals surface area (Å²) in [5.41, 5.74) is 0. The second kappa shape index (κ2) is 3.26. The molecule has 0 unspecified atom stereocenters. The van der Waals surface area contributed by atoms with Crippen LogP contribution in [0.5, 0.6) is 0 Å². The van der Waals surface area contributed by atoms with Crippen LogP contribution in [0.2, 0.25) is 13.1 Å². The van der Waals surface area contributed by atoms with Crippen molar-refractivity contribution >= 4 is 6.85 Å². The molecule has 1 heterocycles. The van der Waals surface area contributed by atoms with E-state index in [1.54, 1.807) is 0 Å². The van der Waals surface area contributed by atoms with Crippen molar-refractivity contribution in [2.24, 2.45) is 0 Å². The van der Waals surface area contributed by atoms with Gasteiger partial charge in [-0.1, -0.05) is 26.5 Å². The van der Waals surface area contributed by atoms with Crippen LogP contribution in [-0.4, -0.2) is 24.7 Å². The Kier molecular flexibility index (Phi) is 2.58. The van der Waals surface area contributed by atoms with Crippen LogP contribution in [0, 0.1) is 0 Å². The Balaban J connectivity index is 2.30. The first-order chi connectivity index (χ1) is 4.34. The van der Waals surface area contributed by atoms with E-state index in [0.717, 1.165) is 6.85 Å². The number of hydrogen-bond acceptors (Lipinski definition) is 1. The predicted molar refractivity (Wildman–Crippen MR) is 42.9 cm³/mol. The van der Waals surface area contributed by atoms with Crippen LogP contribution in [-0.2, 0) is 0 Å². The highest BCUT2D eigenvalue weighted by Crippen LogP contribution is 2.13. The summed E-state index contributed by atoms with van der Waals surface area (Å²) in [4.78, 5) is 2.56.